The normalized spacial score (nSPS) is 10.6. The zero-order valence-electron chi connectivity index (χ0n) is 20.6. The lowest BCUT2D eigenvalue weighted by Crippen LogP contribution is -2.29. The molecular formula is C26H35O8P. The standard InChI is InChI=1S/C26H35O8P/c1-3-5-7-9-11-12-13-15-17-19-21-26(28)34-24(23-33-35(29,30)31)22-32-25(27)20-18-16-14-10-8-6-4-2/h24H,3,5,7,9,11-13,15,17,19,21-23H2,1-2H3,(H2,29,30,31)/t24-/m0/s1. The fraction of sp³-hybridized carbons (Fsp3) is 0.615. The molecule has 0 aliphatic rings. The largest absolute Gasteiger partial charge is 0.469 e. The number of esters is 2. The van der Waals surface area contributed by atoms with E-state index in [0.717, 1.165) is 19.3 Å². The van der Waals surface area contributed by atoms with Crippen molar-refractivity contribution in [3.8, 4) is 47.4 Å². The lowest BCUT2D eigenvalue weighted by atomic mass is 10.1. The summed E-state index contributed by atoms with van der Waals surface area (Å²) in [5.74, 6) is 17.5. The van der Waals surface area contributed by atoms with Gasteiger partial charge in [0.1, 0.15) is 6.61 Å². The Morgan fingerprint density at radius 3 is 1.91 bits per heavy atom. The van der Waals surface area contributed by atoms with Gasteiger partial charge in [-0.25, -0.2) is 9.36 Å². The van der Waals surface area contributed by atoms with E-state index in [2.05, 4.69) is 58.8 Å². The van der Waals surface area contributed by atoms with Gasteiger partial charge in [0.15, 0.2) is 6.10 Å². The first-order chi connectivity index (χ1) is 16.8. The topological polar surface area (TPSA) is 119 Å². The molecule has 0 fully saturated rings. The fourth-order valence-electron chi connectivity index (χ4n) is 2.77. The van der Waals surface area contributed by atoms with Gasteiger partial charge in [-0.15, -0.1) is 0 Å². The predicted molar refractivity (Wildman–Crippen MR) is 132 cm³/mol. The highest BCUT2D eigenvalue weighted by Gasteiger charge is 2.22. The third-order valence-corrected chi connectivity index (χ3v) is 4.95. The average Bonchev–Trinajstić information content (AvgIpc) is 2.81. The molecule has 0 aromatic heterocycles. The minimum Gasteiger partial charge on any atom is -0.456 e. The second-order valence-corrected chi connectivity index (χ2v) is 8.79. The van der Waals surface area contributed by atoms with Gasteiger partial charge in [-0.05, 0) is 48.9 Å². The quantitative estimate of drug-likeness (QED) is 0.100. The van der Waals surface area contributed by atoms with Crippen molar-refractivity contribution in [2.45, 2.75) is 90.6 Å². The van der Waals surface area contributed by atoms with E-state index < -0.39 is 39.1 Å². The van der Waals surface area contributed by atoms with Crippen LogP contribution in [0.4, 0.5) is 0 Å². The van der Waals surface area contributed by atoms with E-state index in [1.807, 2.05) is 0 Å². The summed E-state index contributed by atoms with van der Waals surface area (Å²) >= 11 is 0. The highest BCUT2D eigenvalue weighted by atomic mass is 31.2. The zero-order chi connectivity index (χ0) is 26.2. The summed E-state index contributed by atoms with van der Waals surface area (Å²) in [5, 5.41) is 0. The van der Waals surface area contributed by atoms with E-state index in [0.29, 0.717) is 6.42 Å². The number of carbonyl (C=O) groups is 2. The molecule has 0 bridgehead atoms. The van der Waals surface area contributed by atoms with Gasteiger partial charge in [0.05, 0.1) is 6.61 Å². The third kappa shape index (κ3) is 24.2. The molecule has 8 nitrogen and oxygen atoms in total. The van der Waals surface area contributed by atoms with E-state index in [-0.39, 0.29) is 6.42 Å². The second-order valence-electron chi connectivity index (χ2n) is 7.55. The number of unbranched alkanes of at least 4 members (excludes halogenated alkanes) is 9. The van der Waals surface area contributed by atoms with Gasteiger partial charge in [-0.1, -0.05) is 70.6 Å². The van der Waals surface area contributed by atoms with Crippen LogP contribution in [0.2, 0.25) is 0 Å². The molecule has 2 N–H and O–H groups in total. The molecule has 192 valence electrons. The number of phosphoric ester groups is 1. The molecule has 9 heteroatoms. The van der Waals surface area contributed by atoms with Gasteiger partial charge < -0.3 is 19.3 Å². The molecule has 0 aromatic carbocycles. The van der Waals surface area contributed by atoms with Crippen LogP contribution in [0, 0.1) is 47.4 Å². The smallest absolute Gasteiger partial charge is 0.456 e. The van der Waals surface area contributed by atoms with Crippen molar-refractivity contribution in [2.24, 2.45) is 0 Å². The second kappa shape index (κ2) is 21.8. The van der Waals surface area contributed by atoms with Crippen LogP contribution in [-0.2, 0) is 28.2 Å². The highest BCUT2D eigenvalue weighted by Crippen LogP contribution is 2.35. The van der Waals surface area contributed by atoms with Crippen molar-refractivity contribution in [3.05, 3.63) is 0 Å². The van der Waals surface area contributed by atoms with E-state index in [9.17, 15) is 14.2 Å². The van der Waals surface area contributed by atoms with E-state index >= 15 is 0 Å². The molecule has 1 atom stereocenters. The maximum absolute atomic E-state index is 12.1. The first kappa shape index (κ1) is 32.3. The van der Waals surface area contributed by atoms with Crippen LogP contribution in [0.1, 0.15) is 84.5 Å². The molecule has 0 amide bonds. The Bertz CT molecular complexity index is 921. The Labute approximate surface area is 209 Å². The number of hydrogen-bond donors (Lipinski definition) is 2. The molecule has 0 saturated carbocycles. The molecule has 0 aliphatic heterocycles. The maximum Gasteiger partial charge on any atom is 0.469 e. The Morgan fingerprint density at radius 2 is 1.34 bits per heavy atom. The third-order valence-electron chi connectivity index (χ3n) is 4.46. The van der Waals surface area contributed by atoms with Gasteiger partial charge in [0, 0.05) is 12.3 Å². The van der Waals surface area contributed by atoms with Crippen LogP contribution in [0.25, 0.3) is 0 Å². The summed E-state index contributed by atoms with van der Waals surface area (Å²) in [4.78, 5) is 41.6. The molecule has 0 rings (SSSR count). The SMILES string of the molecule is CC#CC#CC#CC#CC(=O)OC[C@@H](COP(=O)(O)O)OC(=O)CCCCCCCCCCCC. The zero-order valence-corrected chi connectivity index (χ0v) is 21.5. The molecule has 0 heterocycles. The lowest BCUT2D eigenvalue weighted by molar-refractivity contribution is -0.158. The van der Waals surface area contributed by atoms with Crippen molar-refractivity contribution >= 4 is 19.8 Å². The summed E-state index contributed by atoms with van der Waals surface area (Å²) in [6.07, 6.45) is 10.1. The summed E-state index contributed by atoms with van der Waals surface area (Å²) < 4.78 is 25.4. The van der Waals surface area contributed by atoms with Gasteiger partial charge in [0.25, 0.3) is 0 Å². The lowest BCUT2D eigenvalue weighted by Gasteiger charge is -2.17. The van der Waals surface area contributed by atoms with E-state index in [4.69, 9.17) is 19.3 Å². The van der Waals surface area contributed by atoms with Crippen molar-refractivity contribution in [3.63, 3.8) is 0 Å². The maximum atomic E-state index is 12.1. The molecule has 0 spiro atoms. The number of hydrogen-bond acceptors (Lipinski definition) is 6. The van der Waals surface area contributed by atoms with Gasteiger partial charge >= 0.3 is 19.8 Å². The van der Waals surface area contributed by atoms with Crippen LogP contribution >= 0.6 is 7.82 Å². The van der Waals surface area contributed by atoms with Crippen molar-refractivity contribution in [1.29, 1.82) is 0 Å². The molecule has 0 saturated heterocycles. The summed E-state index contributed by atoms with van der Waals surface area (Å²) in [6, 6.07) is 0. The molecule has 0 aliphatic carbocycles. The Hall–Kier alpha value is -2.71. The van der Waals surface area contributed by atoms with Gasteiger partial charge in [-0.2, -0.15) is 0 Å². The van der Waals surface area contributed by atoms with Crippen molar-refractivity contribution in [2.75, 3.05) is 13.2 Å². The van der Waals surface area contributed by atoms with Crippen LogP contribution in [0.3, 0.4) is 0 Å². The average molecular weight is 507 g/mol. The Morgan fingerprint density at radius 1 is 0.800 bits per heavy atom. The van der Waals surface area contributed by atoms with Crippen LogP contribution in [0.5, 0.6) is 0 Å². The Balaban J connectivity index is 4.39. The summed E-state index contributed by atoms with van der Waals surface area (Å²) in [7, 11) is -4.79. The first-order valence-corrected chi connectivity index (χ1v) is 13.3. The minimum atomic E-state index is -4.79. The molecule has 0 radical (unpaired) electrons. The summed E-state index contributed by atoms with van der Waals surface area (Å²) in [6.45, 7) is 2.71. The number of phosphoric acid groups is 1. The van der Waals surface area contributed by atoms with E-state index in [1.165, 1.54) is 38.5 Å². The van der Waals surface area contributed by atoms with Crippen LogP contribution in [-0.4, -0.2) is 41.0 Å². The molecule has 35 heavy (non-hydrogen) atoms. The van der Waals surface area contributed by atoms with Gasteiger partial charge in [-0.3, -0.25) is 9.32 Å². The van der Waals surface area contributed by atoms with Crippen LogP contribution in [0.15, 0.2) is 0 Å². The molecule has 0 aromatic rings. The number of ether oxygens (including phenoxy) is 2. The monoisotopic (exact) mass is 506 g/mol. The van der Waals surface area contributed by atoms with Crippen molar-refractivity contribution < 1.29 is 37.9 Å². The fourth-order valence-corrected chi connectivity index (χ4v) is 3.13. The van der Waals surface area contributed by atoms with E-state index in [1.54, 1.807) is 6.92 Å². The summed E-state index contributed by atoms with van der Waals surface area (Å²) in [5.41, 5.74) is 0. The van der Waals surface area contributed by atoms with Crippen molar-refractivity contribution in [1.82, 2.24) is 0 Å². The predicted octanol–water partition coefficient (Wildman–Crippen LogP) is 3.90. The minimum absolute atomic E-state index is 0.149. The molecule has 0 unspecified atom stereocenters. The highest BCUT2D eigenvalue weighted by molar-refractivity contribution is 7.46. The number of rotatable bonds is 17. The Kier molecular flexibility index (Phi) is 20.1. The molecular weight excluding hydrogens is 471 g/mol. The van der Waals surface area contributed by atoms with Gasteiger partial charge in [0.2, 0.25) is 0 Å². The first-order valence-electron chi connectivity index (χ1n) is 11.8. The number of carbonyl (C=O) groups excluding carboxylic acids is 2. The van der Waals surface area contributed by atoms with Crippen LogP contribution < -0.4 is 0 Å².